The van der Waals surface area contributed by atoms with Gasteiger partial charge in [0.2, 0.25) is 0 Å². The molecule has 2 aliphatic heterocycles. The van der Waals surface area contributed by atoms with Gasteiger partial charge in [0.25, 0.3) is 0 Å². The number of hydrogen-bond acceptors (Lipinski definition) is 3. The van der Waals surface area contributed by atoms with Gasteiger partial charge in [-0.15, -0.1) is 0 Å². The molecule has 3 rings (SSSR count). The predicted octanol–water partition coefficient (Wildman–Crippen LogP) is 1.76. The first-order valence-electron chi connectivity index (χ1n) is 5.43. The normalized spacial score (nSPS) is 31.1. The zero-order chi connectivity index (χ0) is 10.1. The summed E-state index contributed by atoms with van der Waals surface area (Å²) in [6, 6.07) is 9.75. The van der Waals surface area contributed by atoms with Crippen LogP contribution in [0.15, 0.2) is 35.5 Å². The van der Waals surface area contributed by atoms with Crippen molar-refractivity contribution in [1.82, 2.24) is 4.90 Å². The Labute approximate surface area is 89.3 Å². The Bertz CT molecular complexity index is 374. The third-order valence-electron chi connectivity index (χ3n) is 3.14. The first-order valence-corrected chi connectivity index (χ1v) is 5.43. The molecule has 0 aromatic heterocycles. The van der Waals surface area contributed by atoms with Crippen molar-refractivity contribution in [3.05, 3.63) is 30.3 Å². The van der Waals surface area contributed by atoms with E-state index in [9.17, 15) is 0 Å². The second kappa shape index (κ2) is 3.66. The van der Waals surface area contributed by atoms with E-state index in [-0.39, 0.29) is 0 Å². The number of para-hydroxylation sites is 1. The van der Waals surface area contributed by atoms with Crippen LogP contribution >= 0.6 is 0 Å². The van der Waals surface area contributed by atoms with Gasteiger partial charge in [0, 0.05) is 19.0 Å². The van der Waals surface area contributed by atoms with Crippen LogP contribution in [0.2, 0.25) is 0 Å². The standard InChI is InChI=1S/C12H14N2O/c1-2-4-11(5-3-1)15-13-12-9-14-7-6-10(12)8-14/h1-5,10H,6-9H2. The molecule has 2 bridgehead atoms. The molecule has 0 saturated carbocycles. The Morgan fingerprint density at radius 1 is 1.27 bits per heavy atom. The van der Waals surface area contributed by atoms with E-state index in [1.807, 2.05) is 30.3 Å². The predicted molar refractivity (Wildman–Crippen MR) is 59.1 cm³/mol. The van der Waals surface area contributed by atoms with Crippen molar-refractivity contribution in [2.24, 2.45) is 11.1 Å². The maximum absolute atomic E-state index is 5.40. The van der Waals surface area contributed by atoms with Crippen molar-refractivity contribution in [2.75, 3.05) is 19.6 Å². The third-order valence-corrected chi connectivity index (χ3v) is 3.14. The largest absolute Gasteiger partial charge is 0.357 e. The maximum atomic E-state index is 5.40. The van der Waals surface area contributed by atoms with Crippen molar-refractivity contribution < 1.29 is 4.84 Å². The van der Waals surface area contributed by atoms with Crippen molar-refractivity contribution in [2.45, 2.75) is 6.42 Å². The highest BCUT2D eigenvalue weighted by atomic mass is 16.6. The molecule has 15 heavy (non-hydrogen) atoms. The van der Waals surface area contributed by atoms with E-state index >= 15 is 0 Å². The van der Waals surface area contributed by atoms with E-state index < -0.39 is 0 Å². The van der Waals surface area contributed by atoms with E-state index in [0.29, 0.717) is 5.92 Å². The third kappa shape index (κ3) is 1.75. The molecule has 78 valence electrons. The van der Waals surface area contributed by atoms with Gasteiger partial charge >= 0.3 is 0 Å². The fourth-order valence-electron chi connectivity index (χ4n) is 2.30. The summed E-state index contributed by atoms with van der Waals surface area (Å²) in [5, 5.41) is 4.25. The molecule has 2 atom stereocenters. The summed E-state index contributed by atoms with van der Waals surface area (Å²) < 4.78 is 0. The van der Waals surface area contributed by atoms with Crippen molar-refractivity contribution >= 4 is 5.71 Å². The molecule has 0 amide bonds. The minimum Gasteiger partial charge on any atom is -0.357 e. The van der Waals surface area contributed by atoms with Crippen LogP contribution in [0.5, 0.6) is 5.75 Å². The van der Waals surface area contributed by atoms with Gasteiger partial charge < -0.3 is 4.84 Å². The van der Waals surface area contributed by atoms with Crippen molar-refractivity contribution in [1.29, 1.82) is 0 Å². The molecule has 3 nitrogen and oxygen atoms in total. The van der Waals surface area contributed by atoms with E-state index in [1.54, 1.807) is 0 Å². The van der Waals surface area contributed by atoms with E-state index in [2.05, 4.69) is 10.1 Å². The first kappa shape index (κ1) is 8.92. The Kier molecular flexibility index (Phi) is 2.18. The molecule has 2 saturated heterocycles. The van der Waals surface area contributed by atoms with Crippen LogP contribution in [0, 0.1) is 5.92 Å². The second-order valence-corrected chi connectivity index (χ2v) is 4.21. The highest BCUT2D eigenvalue weighted by Gasteiger charge is 2.35. The quantitative estimate of drug-likeness (QED) is 0.683. The van der Waals surface area contributed by atoms with Crippen LogP contribution in [0.3, 0.4) is 0 Å². The van der Waals surface area contributed by atoms with E-state index in [1.165, 1.54) is 25.2 Å². The lowest BCUT2D eigenvalue weighted by Gasteiger charge is -2.12. The molecular formula is C12H14N2O. The molecule has 1 aromatic rings. The monoisotopic (exact) mass is 202 g/mol. The molecule has 1 aromatic carbocycles. The Hall–Kier alpha value is -1.35. The summed E-state index contributed by atoms with van der Waals surface area (Å²) >= 11 is 0. The molecule has 0 N–H and O–H groups in total. The van der Waals surface area contributed by atoms with Crippen LogP contribution in [0.25, 0.3) is 0 Å². The van der Waals surface area contributed by atoms with Gasteiger partial charge in [-0.05, 0) is 25.1 Å². The first-order chi connectivity index (χ1) is 7.42. The number of hydrogen-bond donors (Lipinski definition) is 0. The molecule has 2 heterocycles. The smallest absolute Gasteiger partial charge is 0.157 e. The van der Waals surface area contributed by atoms with Gasteiger partial charge in [-0.3, -0.25) is 4.90 Å². The summed E-state index contributed by atoms with van der Waals surface area (Å²) in [5.74, 6) is 1.47. The van der Waals surface area contributed by atoms with Crippen LogP contribution in [-0.4, -0.2) is 30.2 Å². The lowest BCUT2D eigenvalue weighted by atomic mass is 10.0. The number of benzene rings is 1. The summed E-state index contributed by atoms with van der Waals surface area (Å²) in [6.07, 6.45) is 1.25. The molecule has 2 unspecified atom stereocenters. The molecule has 3 heteroatoms. The fourth-order valence-corrected chi connectivity index (χ4v) is 2.30. The van der Waals surface area contributed by atoms with Crippen LogP contribution in [0.1, 0.15) is 6.42 Å². The molecule has 0 radical (unpaired) electrons. The number of piperidine rings is 1. The average Bonchev–Trinajstić information content (AvgIpc) is 2.89. The van der Waals surface area contributed by atoms with E-state index in [4.69, 9.17) is 4.84 Å². The zero-order valence-corrected chi connectivity index (χ0v) is 8.60. The lowest BCUT2D eigenvalue weighted by molar-refractivity contribution is 0.333. The van der Waals surface area contributed by atoms with E-state index in [0.717, 1.165) is 12.3 Å². The van der Waals surface area contributed by atoms with Gasteiger partial charge in [0.1, 0.15) is 0 Å². The Balaban J connectivity index is 1.69. The molecule has 2 fully saturated rings. The number of nitrogens with zero attached hydrogens (tertiary/aromatic N) is 2. The highest BCUT2D eigenvalue weighted by Crippen LogP contribution is 2.25. The summed E-state index contributed by atoms with van der Waals surface area (Å²) in [5.41, 5.74) is 1.21. The van der Waals surface area contributed by atoms with Gasteiger partial charge in [-0.1, -0.05) is 23.4 Å². The van der Waals surface area contributed by atoms with Gasteiger partial charge in [0.05, 0.1) is 5.71 Å². The van der Waals surface area contributed by atoms with Crippen LogP contribution in [0.4, 0.5) is 0 Å². The fraction of sp³-hybridized carbons (Fsp3) is 0.417. The molecule has 0 spiro atoms. The summed E-state index contributed by atoms with van der Waals surface area (Å²) in [6.45, 7) is 3.41. The van der Waals surface area contributed by atoms with Crippen molar-refractivity contribution in [3.63, 3.8) is 0 Å². The highest BCUT2D eigenvalue weighted by molar-refractivity contribution is 5.91. The minimum atomic E-state index is 0.647. The van der Waals surface area contributed by atoms with Gasteiger partial charge in [-0.2, -0.15) is 0 Å². The Morgan fingerprint density at radius 3 is 2.80 bits per heavy atom. The maximum Gasteiger partial charge on any atom is 0.157 e. The molecule has 2 aliphatic rings. The summed E-state index contributed by atoms with van der Waals surface area (Å²) in [7, 11) is 0. The lowest BCUT2D eigenvalue weighted by Crippen LogP contribution is -2.23. The van der Waals surface area contributed by atoms with Gasteiger partial charge in [0.15, 0.2) is 5.75 Å². The van der Waals surface area contributed by atoms with Crippen LogP contribution in [-0.2, 0) is 0 Å². The molecular weight excluding hydrogens is 188 g/mol. The number of oxime groups is 1. The van der Waals surface area contributed by atoms with Gasteiger partial charge in [-0.25, -0.2) is 0 Å². The summed E-state index contributed by atoms with van der Waals surface area (Å²) in [4.78, 5) is 7.83. The minimum absolute atomic E-state index is 0.647. The number of fused-ring (bicyclic) bond motifs is 2. The SMILES string of the molecule is c1ccc(ON=C2CN3CCC2C3)cc1. The second-order valence-electron chi connectivity index (χ2n) is 4.21. The molecule has 0 aliphatic carbocycles. The average molecular weight is 202 g/mol. The topological polar surface area (TPSA) is 24.8 Å². The Morgan fingerprint density at radius 2 is 2.13 bits per heavy atom. The van der Waals surface area contributed by atoms with Crippen LogP contribution < -0.4 is 4.84 Å². The van der Waals surface area contributed by atoms with Crippen molar-refractivity contribution in [3.8, 4) is 5.75 Å². The zero-order valence-electron chi connectivity index (χ0n) is 8.60. The number of rotatable bonds is 2.